The third-order valence-electron chi connectivity index (χ3n) is 13.9. The van der Waals surface area contributed by atoms with Crippen LogP contribution < -0.4 is 0 Å². The van der Waals surface area contributed by atoms with E-state index in [9.17, 15) is 0 Å². The van der Waals surface area contributed by atoms with Gasteiger partial charge in [-0.05, 0) is 110 Å². The molecule has 0 radical (unpaired) electrons. The highest BCUT2D eigenvalue weighted by Gasteiger charge is 2.40. The summed E-state index contributed by atoms with van der Waals surface area (Å²) < 4.78 is 0. The van der Waals surface area contributed by atoms with Crippen molar-refractivity contribution >= 4 is 32.4 Å². The number of aromatic nitrogens is 5. The average molecular weight is 868 g/mol. The molecule has 13 rings (SSSR count). The average Bonchev–Trinajstić information content (AvgIpc) is 3.68. The standard InChI is InChI=1S/C63H41N5/c1-63(46-21-9-4-10-22-46)56-29-13-11-23-51(56)52-32-31-42(38-57(52)63)43-35-44(37-45(36-43)62-67-60(40-17-5-2-6-18-40)66-61(68-62)41-19-7-3-8-20-41)47-25-15-27-49-48(47)26-16-28-54(49)59-55-39-64-34-33-50(55)53-24-12-14-30-58(53)65-59/h2-39H,1H3. The lowest BCUT2D eigenvalue weighted by Gasteiger charge is -2.28. The van der Waals surface area contributed by atoms with E-state index in [0.717, 1.165) is 82.6 Å². The number of hydrogen-bond acceptors (Lipinski definition) is 5. The number of nitrogens with zero attached hydrogens (tertiary/aromatic N) is 5. The van der Waals surface area contributed by atoms with Gasteiger partial charge in [0.1, 0.15) is 0 Å². The summed E-state index contributed by atoms with van der Waals surface area (Å²) in [5.74, 6) is 1.84. The van der Waals surface area contributed by atoms with Crippen LogP contribution in [0.4, 0.5) is 0 Å². The molecule has 1 aliphatic carbocycles. The molecule has 1 aliphatic rings. The summed E-state index contributed by atoms with van der Waals surface area (Å²) in [6.45, 7) is 2.37. The first kappa shape index (κ1) is 39.4. The lowest BCUT2D eigenvalue weighted by atomic mass is 9.74. The topological polar surface area (TPSA) is 64.5 Å². The van der Waals surface area contributed by atoms with Gasteiger partial charge in [0.05, 0.1) is 11.2 Å². The minimum Gasteiger partial charge on any atom is -0.264 e. The van der Waals surface area contributed by atoms with Crippen molar-refractivity contribution in [2.24, 2.45) is 0 Å². The normalized spacial score (nSPS) is 14.0. The minimum atomic E-state index is -0.352. The lowest BCUT2D eigenvalue weighted by Crippen LogP contribution is -2.22. The fourth-order valence-electron chi connectivity index (χ4n) is 10.5. The van der Waals surface area contributed by atoms with Crippen molar-refractivity contribution in [2.75, 3.05) is 0 Å². The molecule has 0 fully saturated rings. The Kier molecular flexibility index (Phi) is 9.22. The fraction of sp³-hybridized carbons (Fsp3) is 0.0317. The predicted octanol–water partition coefficient (Wildman–Crippen LogP) is 15.5. The van der Waals surface area contributed by atoms with Gasteiger partial charge in [0.15, 0.2) is 17.5 Å². The maximum atomic E-state index is 5.31. The van der Waals surface area contributed by atoms with Gasteiger partial charge in [-0.25, -0.2) is 19.9 Å². The summed E-state index contributed by atoms with van der Waals surface area (Å²) in [5.41, 5.74) is 16.0. The summed E-state index contributed by atoms with van der Waals surface area (Å²) in [5, 5.41) is 5.49. The van der Waals surface area contributed by atoms with Crippen molar-refractivity contribution in [1.29, 1.82) is 0 Å². The highest BCUT2D eigenvalue weighted by molar-refractivity contribution is 6.14. The van der Waals surface area contributed by atoms with E-state index in [-0.39, 0.29) is 5.41 Å². The van der Waals surface area contributed by atoms with Crippen molar-refractivity contribution < 1.29 is 0 Å². The van der Waals surface area contributed by atoms with Gasteiger partial charge in [0, 0.05) is 50.8 Å². The zero-order valence-electron chi connectivity index (χ0n) is 37.2. The summed E-state index contributed by atoms with van der Waals surface area (Å²) in [6, 6.07) is 77.6. The number of hydrogen-bond donors (Lipinski definition) is 0. The first-order valence-corrected chi connectivity index (χ1v) is 23.1. The van der Waals surface area contributed by atoms with Gasteiger partial charge in [-0.1, -0.05) is 182 Å². The van der Waals surface area contributed by atoms with E-state index in [1.807, 2.05) is 48.8 Å². The third-order valence-corrected chi connectivity index (χ3v) is 13.9. The molecular formula is C63H41N5. The van der Waals surface area contributed by atoms with Crippen molar-refractivity contribution in [3.05, 3.63) is 247 Å². The molecule has 0 spiro atoms. The van der Waals surface area contributed by atoms with Gasteiger partial charge in [-0.15, -0.1) is 0 Å². The van der Waals surface area contributed by atoms with Crippen molar-refractivity contribution in [3.63, 3.8) is 0 Å². The fourth-order valence-corrected chi connectivity index (χ4v) is 10.5. The minimum absolute atomic E-state index is 0.352. The van der Waals surface area contributed by atoms with Gasteiger partial charge in [0.25, 0.3) is 0 Å². The SMILES string of the molecule is CC1(c2ccccc2)c2ccccc2-c2ccc(-c3cc(-c4nc(-c5ccccc5)nc(-c5ccccc5)n4)cc(-c4cccc5c(-c6nc7ccccc7c7ccncc67)cccc45)c3)cc21. The number of pyridine rings is 2. The van der Waals surface area contributed by atoms with E-state index in [4.69, 9.17) is 19.9 Å². The van der Waals surface area contributed by atoms with Crippen molar-refractivity contribution in [1.82, 2.24) is 24.9 Å². The second-order valence-electron chi connectivity index (χ2n) is 17.7. The predicted molar refractivity (Wildman–Crippen MR) is 278 cm³/mol. The molecule has 1 unspecified atom stereocenters. The Morgan fingerprint density at radius 1 is 0.324 bits per heavy atom. The van der Waals surface area contributed by atoms with E-state index < -0.39 is 0 Å². The zero-order chi connectivity index (χ0) is 45.2. The maximum Gasteiger partial charge on any atom is 0.164 e. The second kappa shape index (κ2) is 15.9. The van der Waals surface area contributed by atoms with Crippen LogP contribution in [0.5, 0.6) is 0 Å². The molecule has 0 aliphatic heterocycles. The maximum absolute atomic E-state index is 5.31. The largest absolute Gasteiger partial charge is 0.264 e. The molecule has 1 atom stereocenters. The molecule has 0 saturated carbocycles. The Morgan fingerprint density at radius 3 is 1.63 bits per heavy atom. The highest BCUT2D eigenvalue weighted by Crippen LogP contribution is 2.53. The Hall–Kier alpha value is -8.93. The molecular weight excluding hydrogens is 827 g/mol. The van der Waals surface area contributed by atoms with E-state index in [1.165, 1.54) is 27.8 Å². The van der Waals surface area contributed by atoms with Gasteiger partial charge < -0.3 is 0 Å². The van der Waals surface area contributed by atoms with Crippen LogP contribution >= 0.6 is 0 Å². The van der Waals surface area contributed by atoms with Crippen LogP contribution in [0.1, 0.15) is 23.6 Å². The van der Waals surface area contributed by atoms with Crippen molar-refractivity contribution in [2.45, 2.75) is 12.3 Å². The quantitative estimate of drug-likeness (QED) is 0.149. The van der Waals surface area contributed by atoms with E-state index >= 15 is 0 Å². The molecule has 0 amide bonds. The molecule has 68 heavy (non-hydrogen) atoms. The lowest BCUT2D eigenvalue weighted by molar-refractivity contribution is 0.714. The molecule has 318 valence electrons. The summed E-state index contributed by atoms with van der Waals surface area (Å²) in [7, 11) is 0. The molecule has 5 heteroatoms. The van der Waals surface area contributed by atoms with E-state index in [2.05, 4.69) is 194 Å². The summed E-state index contributed by atoms with van der Waals surface area (Å²) in [6.07, 6.45) is 3.81. The van der Waals surface area contributed by atoms with Crippen LogP contribution in [0, 0.1) is 0 Å². The number of para-hydroxylation sites is 1. The van der Waals surface area contributed by atoms with E-state index in [1.54, 1.807) is 0 Å². The molecule has 9 aromatic carbocycles. The second-order valence-corrected chi connectivity index (χ2v) is 17.7. The third kappa shape index (κ3) is 6.43. The number of rotatable bonds is 7. The molecule has 3 aromatic heterocycles. The van der Waals surface area contributed by atoms with Crippen LogP contribution in [-0.2, 0) is 5.41 Å². The summed E-state index contributed by atoms with van der Waals surface area (Å²) in [4.78, 5) is 25.4. The number of fused-ring (bicyclic) bond motifs is 7. The van der Waals surface area contributed by atoms with Crippen LogP contribution in [-0.4, -0.2) is 24.9 Å². The zero-order valence-corrected chi connectivity index (χ0v) is 37.2. The molecule has 12 aromatic rings. The highest BCUT2D eigenvalue weighted by atomic mass is 15.0. The Labute approximate surface area is 394 Å². The van der Waals surface area contributed by atoms with Crippen LogP contribution in [0.3, 0.4) is 0 Å². The summed E-state index contributed by atoms with van der Waals surface area (Å²) >= 11 is 0. The monoisotopic (exact) mass is 867 g/mol. The molecule has 0 saturated heterocycles. The van der Waals surface area contributed by atoms with Crippen LogP contribution in [0.15, 0.2) is 231 Å². The smallest absolute Gasteiger partial charge is 0.164 e. The van der Waals surface area contributed by atoms with Crippen LogP contribution in [0.25, 0.3) is 111 Å². The van der Waals surface area contributed by atoms with Crippen molar-refractivity contribution in [3.8, 4) is 78.8 Å². The molecule has 0 bridgehead atoms. The molecule has 0 N–H and O–H groups in total. The molecule has 3 heterocycles. The van der Waals surface area contributed by atoms with Crippen LogP contribution in [0.2, 0.25) is 0 Å². The van der Waals surface area contributed by atoms with Gasteiger partial charge in [-0.3, -0.25) is 4.98 Å². The Bertz CT molecular complexity index is 3870. The first-order chi connectivity index (χ1) is 33.6. The molecule has 5 nitrogen and oxygen atoms in total. The van der Waals surface area contributed by atoms with Gasteiger partial charge in [-0.2, -0.15) is 0 Å². The number of benzene rings is 9. The Morgan fingerprint density at radius 2 is 0.882 bits per heavy atom. The Balaban J connectivity index is 1.05. The van der Waals surface area contributed by atoms with E-state index in [0.29, 0.717) is 17.5 Å². The van der Waals surface area contributed by atoms with Gasteiger partial charge >= 0.3 is 0 Å². The first-order valence-electron chi connectivity index (χ1n) is 23.1. The van der Waals surface area contributed by atoms with Gasteiger partial charge in [0.2, 0.25) is 0 Å².